The van der Waals surface area contributed by atoms with Crippen LogP contribution < -0.4 is 4.90 Å². The van der Waals surface area contributed by atoms with Crippen LogP contribution in [0.3, 0.4) is 0 Å². The first-order chi connectivity index (χ1) is 32.6. The molecule has 312 valence electrons. The summed E-state index contributed by atoms with van der Waals surface area (Å²) in [5, 5.41) is 4.99. The summed E-state index contributed by atoms with van der Waals surface area (Å²) in [4.78, 5) is 2.44. The first-order valence-electron chi connectivity index (χ1n) is 23.0. The summed E-state index contributed by atoms with van der Waals surface area (Å²) in [5.74, 6) is 0. The van der Waals surface area contributed by atoms with Crippen LogP contribution in [0.2, 0.25) is 0 Å². The molecule has 0 spiro atoms. The highest BCUT2D eigenvalue weighted by molar-refractivity contribution is 6.15. The molecule has 0 saturated heterocycles. The van der Waals surface area contributed by atoms with Crippen LogP contribution in [0.5, 0.6) is 0 Å². The van der Waals surface area contributed by atoms with Gasteiger partial charge in [-0.2, -0.15) is 0 Å². The van der Waals surface area contributed by atoms with Crippen molar-refractivity contribution in [2.24, 2.45) is 0 Å². The molecule has 0 bridgehead atoms. The van der Waals surface area contributed by atoms with Crippen LogP contribution in [0.1, 0.15) is 33.4 Å². The van der Waals surface area contributed by atoms with Crippen molar-refractivity contribution in [1.82, 2.24) is 0 Å². The van der Waals surface area contributed by atoms with Gasteiger partial charge in [0.25, 0.3) is 0 Å². The Bertz CT molecular complexity index is 3550. The number of fused-ring (bicyclic) bond motifs is 6. The lowest BCUT2D eigenvalue weighted by Crippen LogP contribution is -2.29. The molecule has 0 aromatic heterocycles. The fraction of sp³-hybridized carbons (Fsp3) is 0.0462. The smallest absolute Gasteiger partial charge is 0.0714 e. The van der Waals surface area contributed by atoms with Gasteiger partial charge in [-0.05, 0) is 156 Å². The van der Waals surface area contributed by atoms with Gasteiger partial charge >= 0.3 is 0 Å². The third-order valence-electron chi connectivity index (χ3n) is 14.0. The van der Waals surface area contributed by atoms with E-state index < -0.39 is 5.41 Å². The van der Waals surface area contributed by atoms with Gasteiger partial charge < -0.3 is 4.90 Å². The zero-order chi connectivity index (χ0) is 44.2. The van der Waals surface area contributed by atoms with E-state index in [2.05, 4.69) is 267 Å². The third-order valence-corrected chi connectivity index (χ3v) is 14.0. The van der Waals surface area contributed by atoms with Crippen molar-refractivity contribution in [2.75, 3.05) is 4.90 Å². The van der Waals surface area contributed by atoms with Gasteiger partial charge in [0.2, 0.25) is 0 Å². The summed E-state index contributed by atoms with van der Waals surface area (Å²) < 4.78 is 0. The zero-order valence-corrected chi connectivity index (χ0v) is 37.1. The van der Waals surface area contributed by atoms with Gasteiger partial charge in [-0.3, -0.25) is 0 Å². The number of aryl methyl sites for hydroxylation is 2. The summed E-state index contributed by atoms with van der Waals surface area (Å²) in [6, 6.07) is 92.2. The van der Waals surface area contributed by atoms with Gasteiger partial charge in [0.15, 0.2) is 0 Å². The Labute approximate surface area is 387 Å². The zero-order valence-electron chi connectivity index (χ0n) is 37.1. The standard InChI is InChI=1S/C65H47N/c1-44-21-15-16-30-52(44)60-41-50(36-35-45(60)2)66(49-28-13-6-14-29-49)51-37-38-59-62(42-51)65(47-24-9-4-10-25-47,48-26-11-5-12-27-48)63-43-61(56-33-19-20-34-58(56)64(59)63)57-40-39-53(46-22-7-3-8-23-46)54-31-17-18-32-55(54)57/h3-43H,1-2H3. The number of hydrogen-bond donors (Lipinski definition) is 0. The molecule has 1 aliphatic rings. The molecule has 66 heavy (non-hydrogen) atoms. The summed E-state index contributed by atoms with van der Waals surface area (Å²) in [6.07, 6.45) is 0. The maximum absolute atomic E-state index is 2.55. The van der Waals surface area contributed by atoms with E-state index in [1.807, 2.05) is 0 Å². The van der Waals surface area contributed by atoms with Crippen molar-refractivity contribution in [3.8, 4) is 44.5 Å². The molecule has 0 radical (unpaired) electrons. The maximum Gasteiger partial charge on any atom is 0.0714 e. The molecule has 0 aliphatic heterocycles. The second-order valence-electron chi connectivity index (χ2n) is 17.7. The summed E-state index contributed by atoms with van der Waals surface area (Å²) in [6.45, 7) is 4.43. The predicted molar refractivity (Wildman–Crippen MR) is 279 cm³/mol. The van der Waals surface area contributed by atoms with Crippen LogP contribution in [0.25, 0.3) is 66.1 Å². The lowest BCUT2D eigenvalue weighted by molar-refractivity contribution is 0.769. The van der Waals surface area contributed by atoms with Gasteiger partial charge in [-0.25, -0.2) is 0 Å². The van der Waals surface area contributed by atoms with E-state index in [0.717, 1.165) is 17.1 Å². The molecule has 0 unspecified atom stereocenters. The highest BCUT2D eigenvalue weighted by atomic mass is 15.1. The Hall–Kier alpha value is -8.26. The van der Waals surface area contributed by atoms with Crippen molar-refractivity contribution in [3.05, 3.63) is 282 Å². The van der Waals surface area contributed by atoms with E-state index in [1.165, 1.54) is 99.4 Å². The molecule has 12 rings (SSSR count). The van der Waals surface area contributed by atoms with E-state index in [4.69, 9.17) is 0 Å². The van der Waals surface area contributed by atoms with Crippen molar-refractivity contribution in [1.29, 1.82) is 0 Å². The molecular weight excluding hydrogens is 795 g/mol. The van der Waals surface area contributed by atoms with E-state index in [-0.39, 0.29) is 0 Å². The van der Waals surface area contributed by atoms with Crippen LogP contribution in [-0.2, 0) is 5.41 Å². The van der Waals surface area contributed by atoms with Gasteiger partial charge in [-0.1, -0.05) is 206 Å². The maximum atomic E-state index is 2.55. The molecule has 0 fully saturated rings. The van der Waals surface area contributed by atoms with Crippen LogP contribution in [0.4, 0.5) is 17.1 Å². The fourth-order valence-electron chi connectivity index (χ4n) is 11.0. The molecular formula is C65H47N. The van der Waals surface area contributed by atoms with Crippen LogP contribution in [0.15, 0.2) is 249 Å². The van der Waals surface area contributed by atoms with E-state index in [9.17, 15) is 0 Å². The van der Waals surface area contributed by atoms with Crippen LogP contribution in [-0.4, -0.2) is 0 Å². The molecule has 0 heterocycles. The average molecular weight is 842 g/mol. The Morgan fingerprint density at radius 2 is 0.773 bits per heavy atom. The number of nitrogens with zero attached hydrogens (tertiary/aromatic N) is 1. The number of hydrogen-bond acceptors (Lipinski definition) is 1. The van der Waals surface area contributed by atoms with Crippen molar-refractivity contribution >= 4 is 38.6 Å². The monoisotopic (exact) mass is 841 g/mol. The normalized spacial score (nSPS) is 12.5. The Balaban J connectivity index is 1.16. The molecule has 1 heteroatoms. The molecule has 0 N–H and O–H groups in total. The number of anilines is 3. The van der Waals surface area contributed by atoms with Crippen molar-refractivity contribution in [3.63, 3.8) is 0 Å². The highest BCUT2D eigenvalue weighted by Crippen LogP contribution is 2.60. The quantitative estimate of drug-likeness (QED) is 0.147. The fourth-order valence-corrected chi connectivity index (χ4v) is 11.0. The Morgan fingerprint density at radius 1 is 0.288 bits per heavy atom. The largest absolute Gasteiger partial charge is 0.310 e. The second kappa shape index (κ2) is 16.1. The number of benzene rings is 11. The SMILES string of the molecule is Cc1ccccc1-c1cc(N(c2ccccc2)c2ccc3c(c2)C(c2ccccc2)(c2ccccc2)c2cc(-c4ccc(-c5ccccc5)c5ccccc45)c4ccccc4c2-3)ccc1C. The minimum absolute atomic E-state index is 0.649. The second-order valence-corrected chi connectivity index (χ2v) is 17.7. The van der Waals surface area contributed by atoms with Gasteiger partial charge in [0.05, 0.1) is 5.41 Å². The summed E-state index contributed by atoms with van der Waals surface area (Å²) in [7, 11) is 0. The van der Waals surface area contributed by atoms with E-state index in [0.29, 0.717) is 0 Å². The molecule has 1 aliphatic carbocycles. The minimum Gasteiger partial charge on any atom is -0.310 e. The average Bonchev–Trinajstić information content (AvgIpc) is 3.68. The lowest BCUT2D eigenvalue weighted by atomic mass is 9.67. The predicted octanol–water partition coefficient (Wildman–Crippen LogP) is 17.4. The summed E-state index contributed by atoms with van der Waals surface area (Å²) >= 11 is 0. The Kier molecular flexibility index (Phi) is 9.58. The molecule has 11 aromatic carbocycles. The third kappa shape index (κ3) is 6.23. The topological polar surface area (TPSA) is 3.24 Å². The van der Waals surface area contributed by atoms with E-state index >= 15 is 0 Å². The minimum atomic E-state index is -0.649. The van der Waals surface area contributed by atoms with Gasteiger partial charge in [0.1, 0.15) is 0 Å². The first-order valence-corrected chi connectivity index (χ1v) is 23.0. The van der Waals surface area contributed by atoms with E-state index in [1.54, 1.807) is 0 Å². The van der Waals surface area contributed by atoms with Crippen LogP contribution in [0, 0.1) is 13.8 Å². The van der Waals surface area contributed by atoms with Crippen molar-refractivity contribution in [2.45, 2.75) is 19.3 Å². The first kappa shape index (κ1) is 39.3. The summed E-state index contributed by atoms with van der Waals surface area (Å²) in [5.41, 5.74) is 20.2. The number of rotatable bonds is 8. The molecule has 1 nitrogen and oxygen atoms in total. The molecule has 0 saturated carbocycles. The van der Waals surface area contributed by atoms with Crippen molar-refractivity contribution < 1.29 is 0 Å². The van der Waals surface area contributed by atoms with Gasteiger partial charge in [0, 0.05) is 17.1 Å². The molecule has 0 amide bonds. The van der Waals surface area contributed by atoms with Crippen LogP contribution >= 0.6 is 0 Å². The number of para-hydroxylation sites is 1. The molecule has 0 atom stereocenters. The molecule has 11 aromatic rings. The van der Waals surface area contributed by atoms with Gasteiger partial charge in [-0.15, -0.1) is 0 Å². The highest BCUT2D eigenvalue weighted by Gasteiger charge is 2.47. The lowest BCUT2D eigenvalue weighted by Gasteiger charge is -2.35. The Morgan fingerprint density at radius 3 is 1.44 bits per heavy atom.